The molecule has 0 unspecified atom stereocenters. The third-order valence-electron chi connectivity index (χ3n) is 3.54. The number of aromatic nitrogens is 2. The third-order valence-corrected chi connectivity index (χ3v) is 3.54. The quantitative estimate of drug-likeness (QED) is 0.487. The van der Waals surface area contributed by atoms with E-state index in [0.717, 1.165) is 16.8 Å². The summed E-state index contributed by atoms with van der Waals surface area (Å²) in [7, 11) is 0. The van der Waals surface area contributed by atoms with Crippen LogP contribution in [0.3, 0.4) is 0 Å². The topological polar surface area (TPSA) is 39.4 Å². The van der Waals surface area contributed by atoms with Crippen LogP contribution in [0.4, 0.5) is 0 Å². The van der Waals surface area contributed by atoms with E-state index in [1.165, 1.54) is 12.8 Å². The predicted molar refractivity (Wildman–Crippen MR) is 95.6 cm³/mol. The molecule has 1 aromatic carbocycles. The fourth-order valence-electron chi connectivity index (χ4n) is 2.08. The standard InChI is InChI=1S/C20H23N3O/c1-20(2,3)24-22-19(14-23-13-12-21-15-23)18-10-8-17(9-11-18)7-6-16-4-5-16/h8-13,15-16H,4-5,14H2,1-3H3/b22-19+. The molecule has 124 valence electrons. The molecule has 0 saturated heterocycles. The van der Waals surface area contributed by atoms with Gasteiger partial charge in [-0.1, -0.05) is 29.1 Å². The number of rotatable bonds is 4. The molecule has 4 heteroatoms. The first-order valence-electron chi connectivity index (χ1n) is 8.32. The van der Waals surface area contributed by atoms with Crippen molar-refractivity contribution in [3.05, 3.63) is 54.1 Å². The van der Waals surface area contributed by atoms with Crippen molar-refractivity contribution in [3.8, 4) is 11.8 Å². The zero-order valence-corrected chi connectivity index (χ0v) is 14.5. The minimum Gasteiger partial charge on any atom is -0.390 e. The van der Waals surface area contributed by atoms with Crippen LogP contribution in [0, 0.1) is 17.8 Å². The van der Waals surface area contributed by atoms with Gasteiger partial charge in [0.05, 0.1) is 12.9 Å². The maximum Gasteiger partial charge on any atom is 0.129 e. The van der Waals surface area contributed by atoms with Gasteiger partial charge in [0.15, 0.2) is 0 Å². The minimum atomic E-state index is -0.324. The van der Waals surface area contributed by atoms with E-state index in [0.29, 0.717) is 12.5 Å². The molecule has 0 atom stereocenters. The van der Waals surface area contributed by atoms with Crippen molar-refractivity contribution in [2.45, 2.75) is 45.8 Å². The van der Waals surface area contributed by atoms with Crippen molar-refractivity contribution in [2.75, 3.05) is 0 Å². The van der Waals surface area contributed by atoms with Crippen LogP contribution in [0.5, 0.6) is 0 Å². The molecule has 0 bridgehead atoms. The van der Waals surface area contributed by atoms with E-state index >= 15 is 0 Å². The van der Waals surface area contributed by atoms with Gasteiger partial charge < -0.3 is 9.40 Å². The van der Waals surface area contributed by atoms with Crippen molar-refractivity contribution in [2.24, 2.45) is 11.1 Å². The van der Waals surface area contributed by atoms with Gasteiger partial charge in [-0.05, 0) is 45.7 Å². The van der Waals surface area contributed by atoms with Gasteiger partial charge in [-0.3, -0.25) is 0 Å². The lowest BCUT2D eigenvalue weighted by Crippen LogP contribution is -2.19. The fourth-order valence-corrected chi connectivity index (χ4v) is 2.08. The van der Waals surface area contributed by atoms with Gasteiger partial charge in [-0.2, -0.15) is 0 Å². The molecule has 3 rings (SSSR count). The summed E-state index contributed by atoms with van der Waals surface area (Å²) in [6.07, 6.45) is 7.96. The van der Waals surface area contributed by atoms with Gasteiger partial charge in [0.25, 0.3) is 0 Å². The maximum absolute atomic E-state index is 5.64. The largest absolute Gasteiger partial charge is 0.390 e. The van der Waals surface area contributed by atoms with Crippen molar-refractivity contribution in [3.63, 3.8) is 0 Å². The van der Waals surface area contributed by atoms with Crippen LogP contribution in [0.1, 0.15) is 44.7 Å². The Morgan fingerprint density at radius 2 is 2.04 bits per heavy atom. The van der Waals surface area contributed by atoms with Gasteiger partial charge >= 0.3 is 0 Å². The molecule has 0 spiro atoms. The summed E-state index contributed by atoms with van der Waals surface area (Å²) in [5, 5.41) is 4.39. The SMILES string of the molecule is CC(C)(C)O/N=C(\Cn1ccnc1)c1ccc(C#CC2CC2)cc1. The van der Waals surface area contributed by atoms with E-state index in [4.69, 9.17) is 4.84 Å². The molecule has 24 heavy (non-hydrogen) atoms. The van der Waals surface area contributed by atoms with Gasteiger partial charge in [-0.25, -0.2) is 4.98 Å². The molecule has 1 aliphatic rings. The number of imidazole rings is 1. The lowest BCUT2D eigenvalue weighted by molar-refractivity contribution is 0.000616. The predicted octanol–water partition coefficient (Wildman–Crippen LogP) is 3.86. The Morgan fingerprint density at radius 1 is 1.29 bits per heavy atom. The van der Waals surface area contributed by atoms with Gasteiger partial charge in [-0.15, -0.1) is 0 Å². The van der Waals surface area contributed by atoms with Crippen LogP contribution in [-0.4, -0.2) is 20.9 Å². The first-order valence-corrected chi connectivity index (χ1v) is 8.32. The highest BCUT2D eigenvalue weighted by atomic mass is 16.6. The van der Waals surface area contributed by atoms with E-state index in [1.54, 1.807) is 12.5 Å². The molecule has 1 aromatic heterocycles. The third kappa shape index (κ3) is 4.99. The number of oxime groups is 1. The summed E-state index contributed by atoms with van der Waals surface area (Å²) >= 11 is 0. The van der Waals surface area contributed by atoms with Gasteiger partial charge in [0.2, 0.25) is 0 Å². The lowest BCUT2D eigenvalue weighted by atomic mass is 10.1. The normalized spacial score (nSPS) is 14.9. The molecular weight excluding hydrogens is 298 g/mol. The first kappa shape index (κ1) is 16.3. The van der Waals surface area contributed by atoms with Crippen LogP contribution < -0.4 is 0 Å². The minimum absolute atomic E-state index is 0.324. The Labute approximate surface area is 143 Å². The monoisotopic (exact) mass is 321 g/mol. The second-order valence-corrected chi connectivity index (χ2v) is 7.10. The molecule has 1 fully saturated rings. The molecule has 0 N–H and O–H groups in total. The van der Waals surface area contributed by atoms with E-state index in [1.807, 2.05) is 43.7 Å². The van der Waals surface area contributed by atoms with Gasteiger partial charge in [0, 0.05) is 29.4 Å². The first-order chi connectivity index (χ1) is 11.5. The smallest absolute Gasteiger partial charge is 0.129 e. The second kappa shape index (κ2) is 6.92. The zero-order valence-electron chi connectivity index (χ0n) is 14.5. The average Bonchev–Trinajstić information content (AvgIpc) is 3.24. The molecule has 0 aliphatic heterocycles. The Morgan fingerprint density at radius 3 is 2.62 bits per heavy atom. The maximum atomic E-state index is 5.64. The fraction of sp³-hybridized carbons (Fsp3) is 0.400. The van der Waals surface area contributed by atoms with Crippen LogP contribution in [-0.2, 0) is 11.4 Å². The zero-order chi connectivity index (χ0) is 17.0. The highest BCUT2D eigenvalue weighted by molar-refractivity contribution is 6.00. The van der Waals surface area contributed by atoms with Crippen LogP contribution in [0.2, 0.25) is 0 Å². The summed E-state index contributed by atoms with van der Waals surface area (Å²) in [5.74, 6) is 7.14. The summed E-state index contributed by atoms with van der Waals surface area (Å²) < 4.78 is 1.98. The molecular formula is C20H23N3O. The number of nitrogens with zero attached hydrogens (tertiary/aromatic N) is 3. The van der Waals surface area contributed by atoms with Gasteiger partial charge in [0.1, 0.15) is 11.3 Å². The van der Waals surface area contributed by atoms with Crippen molar-refractivity contribution < 1.29 is 4.84 Å². The van der Waals surface area contributed by atoms with Crippen LogP contribution in [0.15, 0.2) is 48.1 Å². The number of benzene rings is 1. The average molecular weight is 321 g/mol. The Kier molecular flexibility index (Phi) is 4.71. The summed E-state index contributed by atoms with van der Waals surface area (Å²) in [4.78, 5) is 9.73. The van der Waals surface area contributed by atoms with Crippen LogP contribution >= 0.6 is 0 Å². The van der Waals surface area contributed by atoms with Crippen LogP contribution in [0.25, 0.3) is 0 Å². The second-order valence-electron chi connectivity index (χ2n) is 7.10. The molecule has 1 aliphatic carbocycles. The molecule has 2 aromatic rings. The van der Waals surface area contributed by atoms with Crippen molar-refractivity contribution >= 4 is 5.71 Å². The van der Waals surface area contributed by atoms with E-state index in [2.05, 4.69) is 34.1 Å². The summed E-state index contributed by atoms with van der Waals surface area (Å²) in [5.41, 5.74) is 2.62. The summed E-state index contributed by atoms with van der Waals surface area (Å²) in [6, 6.07) is 8.20. The Bertz CT molecular complexity index is 752. The molecule has 1 heterocycles. The Hall–Kier alpha value is -2.54. The number of hydrogen-bond acceptors (Lipinski definition) is 3. The molecule has 0 amide bonds. The lowest BCUT2D eigenvalue weighted by Gasteiger charge is -2.17. The highest BCUT2D eigenvalue weighted by Crippen LogP contribution is 2.27. The van der Waals surface area contributed by atoms with E-state index < -0.39 is 0 Å². The molecule has 4 nitrogen and oxygen atoms in total. The van der Waals surface area contributed by atoms with Crippen molar-refractivity contribution in [1.82, 2.24) is 9.55 Å². The Balaban J connectivity index is 1.80. The van der Waals surface area contributed by atoms with E-state index in [9.17, 15) is 0 Å². The van der Waals surface area contributed by atoms with E-state index in [-0.39, 0.29) is 5.60 Å². The highest BCUT2D eigenvalue weighted by Gasteiger charge is 2.17. The van der Waals surface area contributed by atoms with Crippen molar-refractivity contribution in [1.29, 1.82) is 0 Å². The molecule has 1 saturated carbocycles. The number of hydrogen-bond donors (Lipinski definition) is 0. The summed E-state index contributed by atoms with van der Waals surface area (Å²) in [6.45, 7) is 6.58. The molecule has 0 radical (unpaired) electrons.